The van der Waals surface area contributed by atoms with Crippen LogP contribution >= 0.6 is 0 Å². The fourth-order valence-electron chi connectivity index (χ4n) is 3.45. The lowest BCUT2D eigenvalue weighted by molar-refractivity contribution is 0.0235. The number of hydrogen-bond donors (Lipinski definition) is 2. The highest BCUT2D eigenvalue weighted by Gasteiger charge is 2.35. The SMILES string of the molecule is Cc1nc2ccc(C(=O)N[C@@H](c3ccc(F)cc3)C3CC(O)C3)cc2o1. The number of aromatic nitrogens is 1. The molecule has 0 saturated heterocycles. The third-order valence-corrected chi connectivity index (χ3v) is 4.89. The number of nitrogens with zero attached hydrogens (tertiary/aromatic N) is 1. The van der Waals surface area contributed by atoms with E-state index >= 15 is 0 Å². The smallest absolute Gasteiger partial charge is 0.251 e. The second-order valence-corrected chi connectivity index (χ2v) is 6.80. The molecule has 26 heavy (non-hydrogen) atoms. The number of nitrogens with one attached hydrogen (secondary N) is 1. The molecule has 1 fully saturated rings. The highest BCUT2D eigenvalue weighted by molar-refractivity contribution is 5.97. The first-order valence-electron chi connectivity index (χ1n) is 8.61. The molecular formula is C20H19FN2O3. The van der Waals surface area contributed by atoms with E-state index < -0.39 is 0 Å². The average Bonchev–Trinajstić information content (AvgIpc) is 2.97. The van der Waals surface area contributed by atoms with Crippen LogP contribution < -0.4 is 5.32 Å². The van der Waals surface area contributed by atoms with Gasteiger partial charge in [-0.15, -0.1) is 0 Å². The zero-order valence-electron chi connectivity index (χ0n) is 14.3. The maximum absolute atomic E-state index is 13.2. The Bertz CT molecular complexity index is 945. The molecule has 0 spiro atoms. The van der Waals surface area contributed by atoms with Gasteiger partial charge in [0.05, 0.1) is 12.1 Å². The zero-order chi connectivity index (χ0) is 18.3. The minimum Gasteiger partial charge on any atom is -0.441 e. The molecule has 1 amide bonds. The molecule has 134 valence electrons. The maximum atomic E-state index is 13.2. The number of aliphatic hydroxyl groups is 1. The van der Waals surface area contributed by atoms with Gasteiger partial charge in [0.2, 0.25) is 0 Å². The highest BCUT2D eigenvalue weighted by atomic mass is 19.1. The molecule has 1 aliphatic carbocycles. The molecule has 6 heteroatoms. The highest BCUT2D eigenvalue weighted by Crippen LogP contribution is 2.38. The molecule has 0 aliphatic heterocycles. The molecule has 0 bridgehead atoms. The second kappa shape index (κ2) is 6.53. The van der Waals surface area contributed by atoms with Gasteiger partial charge in [0.1, 0.15) is 11.3 Å². The summed E-state index contributed by atoms with van der Waals surface area (Å²) in [5.74, 6) is 0.108. The van der Waals surface area contributed by atoms with E-state index in [9.17, 15) is 14.3 Å². The van der Waals surface area contributed by atoms with Gasteiger partial charge < -0.3 is 14.8 Å². The van der Waals surface area contributed by atoms with Crippen molar-refractivity contribution in [3.8, 4) is 0 Å². The van der Waals surface area contributed by atoms with Crippen LogP contribution in [0.25, 0.3) is 11.1 Å². The van der Waals surface area contributed by atoms with Gasteiger partial charge >= 0.3 is 0 Å². The summed E-state index contributed by atoms with van der Waals surface area (Å²) in [6.07, 6.45) is 0.888. The van der Waals surface area contributed by atoms with Gasteiger partial charge in [-0.2, -0.15) is 0 Å². The van der Waals surface area contributed by atoms with E-state index in [4.69, 9.17) is 4.42 Å². The molecule has 2 aromatic carbocycles. The van der Waals surface area contributed by atoms with Crippen molar-refractivity contribution in [1.82, 2.24) is 10.3 Å². The van der Waals surface area contributed by atoms with Gasteiger partial charge in [-0.25, -0.2) is 9.37 Å². The number of amides is 1. The molecule has 5 nitrogen and oxygen atoms in total. The first kappa shape index (κ1) is 16.7. The molecule has 4 rings (SSSR count). The number of halogens is 1. The summed E-state index contributed by atoms with van der Waals surface area (Å²) in [5.41, 5.74) is 2.57. The summed E-state index contributed by atoms with van der Waals surface area (Å²) < 4.78 is 18.7. The Morgan fingerprint density at radius 3 is 2.69 bits per heavy atom. The Morgan fingerprint density at radius 1 is 1.27 bits per heavy atom. The number of rotatable bonds is 4. The van der Waals surface area contributed by atoms with Crippen molar-refractivity contribution >= 4 is 17.0 Å². The van der Waals surface area contributed by atoms with Crippen molar-refractivity contribution in [3.63, 3.8) is 0 Å². The Morgan fingerprint density at radius 2 is 2.00 bits per heavy atom. The van der Waals surface area contributed by atoms with E-state index in [2.05, 4.69) is 10.3 Å². The minimum absolute atomic E-state index is 0.121. The molecule has 1 saturated carbocycles. The van der Waals surface area contributed by atoms with Gasteiger partial charge in [-0.3, -0.25) is 4.79 Å². The van der Waals surface area contributed by atoms with Gasteiger partial charge in [-0.05, 0) is 54.7 Å². The van der Waals surface area contributed by atoms with Crippen LogP contribution in [-0.2, 0) is 0 Å². The molecule has 0 radical (unpaired) electrons. The van der Waals surface area contributed by atoms with Crippen LogP contribution in [0.5, 0.6) is 0 Å². The van der Waals surface area contributed by atoms with Crippen molar-refractivity contribution in [1.29, 1.82) is 0 Å². The Kier molecular flexibility index (Phi) is 4.20. The Balaban J connectivity index is 1.59. The molecule has 2 N–H and O–H groups in total. The van der Waals surface area contributed by atoms with E-state index in [1.807, 2.05) is 0 Å². The number of carbonyl (C=O) groups is 1. The topological polar surface area (TPSA) is 75.4 Å². The zero-order valence-corrected chi connectivity index (χ0v) is 14.3. The quantitative estimate of drug-likeness (QED) is 0.752. The fraction of sp³-hybridized carbons (Fsp3) is 0.300. The average molecular weight is 354 g/mol. The van der Waals surface area contributed by atoms with Gasteiger partial charge in [-0.1, -0.05) is 12.1 Å². The number of oxazole rings is 1. The number of hydrogen-bond acceptors (Lipinski definition) is 4. The molecule has 1 aromatic heterocycles. The fourth-order valence-corrected chi connectivity index (χ4v) is 3.45. The van der Waals surface area contributed by atoms with E-state index in [-0.39, 0.29) is 29.8 Å². The van der Waals surface area contributed by atoms with Crippen molar-refractivity contribution in [2.24, 2.45) is 5.92 Å². The summed E-state index contributed by atoms with van der Waals surface area (Å²) in [5, 5.41) is 12.7. The van der Waals surface area contributed by atoms with E-state index in [1.54, 1.807) is 37.3 Å². The summed E-state index contributed by atoms with van der Waals surface area (Å²) in [6.45, 7) is 1.76. The van der Waals surface area contributed by atoms with Crippen LogP contribution in [-0.4, -0.2) is 22.1 Å². The van der Waals surface area contributed by atoms with Crippen LogP contribution in [0.1, 0.15) is 40.7 Å². The third kappa shape index (κ3) is 3.20. The maximum Gasteiger partial charge on any atom is 0.251 e. The lowest BCUT2D eigenvalue weighted by atomic mass is 9.75. The second-order valence-electron chi connectivity index (χ2n) is 6.80. The van der Waals surface area contributed by atoms with Crippen LogP contribution in [0, 0.1) is 18.7 Å². The standard InChI is InChI=1S/C20H19FN2O3/c1-11-22-17-7-4-13(10-18(17)26-11)20(25)23-19(14-8-16(24)9-14)12-2-5-15(21)6-3-12/h2-7,10,14,16,19,24H,8-9H2,1H3,(H,23,25)/t14?,16?,19-/m0/s1. The lowest BCUT2D eigenvalue weighted by Gasteiger charge is -2.38. The lowest BCUT2D eigenvalue weighted by Crippen LogP contribution is -2.41. The third-order valence-electron chi connectivity index (χ3n) is 4.89. The largest absolute Gasteiger partial charge is 0.441 e. The summed E-state index contributed by atoms with van der Waals surface area (Å²) >= 11 is 0. The van der Waals surface area contributed by atoms with Crippen LogP contribution in [0.3, 0.4) is 0 Å². The summed E-state index contributed by atoms with van der Waals surface area (Å²) in [4.78, 5) is 17.0. The number of aryl methyl sites for hydroxylation is 1. The van der Waals surface area contributed by atoms with Crippen LogP contribution in [0.15, 0.2) is 46.9 Å². The number of benzene rings is 2. The van der Waals surface area contributed by atoms with E-state index in [0.717, 1.165) is 5.56 Å². The predicted octanol–water partition coefficient (Wildman–Crippen LogP) is 3.52. The molecule has 1 heterocycles. The van der Waals surface area contributed by atoms with E-state index in [1.165, 1.54) is 12.1 Å². The first-order chi connectivity index (χ1) is 12.5. The molecular weight excluding hydrogens is 335 g/mol. The Hall–Kier alpha value is -2.73. The summed E-state index contributed by atoms with van der Waals surface area (Å²) in [6, 6.07) is 11.0. The first-order valence-corrected chi connectivity index (χ1v) is 8.61. The molecule has 0 unspecified atom stereocenters. The van der Waals surface area contributed by atoms with Crippen molar-refractivity contribution in [2.75, 3.05) is 0 Å². The van der Waals surface area contributed by atoms with Gasteiger partial charge in [0.25, 0.3) is 5.91 Å². The minimum atomic E-state index is -0.339. The van der Waals surface area contributed by atoms with Gasteiger partial charge in [0, 0.05) is 12.5 Å². The summed E-state index contributed by atoms with van der Waals surface area (Å²) in [7, 11) is 0. The van der Waals surface area contributed by atoms with Crippen molar-refractivity contribution < 1.29 is 18.7 Å². The predicted molar refractivity (Wildman–Crippen MR) is 94.1 cm³/mol. The molecule has 1 atom stereocenters. The van der Waals surface area contributed by atoms with Crippen molar-refractivity contribution in [2.45, 2.75) is 31.9 Å². The number of carbonyl (C=O) groups excluding carboxylic acids is 1. The normalized spacial score (nSPS) is 20.6. The monoisotopic (exact) mass is 354 g/mol. The van der Waals surface area contributed by atoms with Crippen molar-refractivity contribution in [3.05, 3.63) is 65.3 Å². The van der Waals surface area contributed by atoms with E-state index in [0.29, 0.717) is 35.4 Å². The van der Waals surface area contributed by atoms with Gasteiger partial charge in [0.15, 0.2) is 11.5 Å². The van der Waals surface area contributed by atoms with Crippen LogP contribution in [0.2, 0.25) is 0 Å². The number of aliphatic hydroxyl groups excluding tert-OH is 1. The Labute approximate surface area is 149 Å². The molecule has 3 aromatic rings. The van der Waals surface area contributed by atoms with Crippen LogP contribution in [0.4, 0.5) is 4.39 Å². The molecule has 1 aliphatic rings. The number of fused-ring (bicyclic) bond motifs is 1.